The molecule has 0 heterocycles. The van der Waals surface area contributed by atoms with Gasteiger partial charge in [0.15, 0.2) is 5.02 Å². The lowest BCUT2D eigenvalue weighted by Gasteiger charge is -2.08. The number of halogens is 2. The Balaban J connectivity index is 2.22. The van der Waals surface area contributed by atoms with Gasteiger partial charge in [-0.2, -0.15) is 4.39 Å². The van der Waals surface area contributed by atoms with Crippen LogP contribution in [0, 0.1) is 15.9 Å². The van der Waals surface area contributed by atoms with E-state index in [1.165, 1.54) is 6.07 Å². The molecular formula is C13H9ClFNO3. The van der Waals surface area contributed by atoms with E-state index >= 15 is 0 Å². The fourth-order valence-corrected chi connectivity index (χ4v) is 1.81. The van der Waals surface area contributed by atoms with Crippen LogP contribution in [0.15, 0.2) is 42.5 Å². The maximum atomic E-state index is 13.3. The molecule has 4 nitrogen and oxygen atoms in total. The van der Waals surface area contributed by atoms with Gasteiger partial charge in [-0.25, -0.2) is 0 Å². The normalized spacial score (nSPS) is 10.2. The predicted octanol–water partition coefficient (Wildman–Crippen LogP) is 3.97. The molecule has 0 bridgehead atoms. The van der Waals surface area contributed by atoms with Crippen LogP contribution in [-0.4, -0.2) is 4.92 Å². The molecule has 0 saturated heterocycles. The van der Waals surface area contributed by atoms with E-state index in [2.05, 4.69) is 0 Å². The van der Waals surface area contributed by atoms with Gasteiger partial charge in [-0.3, -0.25) is 10.1 Å². The van der Waals surface area contributed by atoms with E-state index in [1.807, 2.05) is 30.3 Å². The maximum Gasteiger partial charge on any atom is 0.327 e. The van der Waals surface area contributed by atoms with Crippen LogP contribution >= 0.6 is 11.6 Å². The first kappa shape index (κ1) is 13.3. The standard InChI is InChI=1S/C13H9ClFNO3/c14-12-11(7-6-10(15)13(12)16(17)18)19-8-9-4-2-1-3-5-9/h1-7H,8H2. The van der Waals surface area contributed by atoms with E-state index < -0.39 is 16.4 Å². The minimum atomic E-state index is -0.984. The van der Waals surface area contributed by atoms with Crippen molar-refractivity contribution < 1.29 is 14.1 Å². The third kappa shape index (κ3) is 3.00. The minimum Gasteiger partial charge on any atom is -0.487 e. The molecule has 0 atom stereocenters. The lowest BCUT2D eigenvalue weighted by atomic mass is 10.2. The van der Waals surface area contributed by atoms with Gasteiger partial charge in [-0.1, -0.05) is 41.9 Å². The average Bonchev–Trinajstić information content (AvgIpc) is 2.38. The zero-order valence-corrected chi connectivity index (χ0v) is 10.4. The average molecular weight is 282 g/mol. The Morgan fingerprint density at radius 3 is 2.53 bits per heavy atom. The van der Waals surface area contributed by atoms with Crippen LogP contribution in [-0.2, 0) is 6.61 Å². The van der Waals surface area contributed by atoms with Gasteiger partial charge < -0.3 is 4.74 Å². The monoisotopic (exact) mass is 281 g/mol. The number of rotatable bonds is 4. The molecule has 0 amide bonds. The third-order valence-corrected chi connectivity index (χ3v) is 2.82. The second-order valence-electron chi connectivity index (χ2n) is 3.74. The number of ether oxygens (including phenoxy) is 1. The highest BCUT2D eigenvalue weighted by Gasteiger charge is 2.23. The molecule has 6 heteroatoms. The summed E-state index contributed by atoms with van der Waals surface area (Å²) in [5.74, 6) is -0.902. The number of nitro groups is 1. The van der Waals surface area contributed by atoms with Crippen molar-refractivity contribution in [3.05, 3.63) is 69.0 Å². The molecule has 98 valence electrons. The van der Waals surface area contributed by atoms with Gasteiger partial charge in [0.05, 0.1) is 4.92 Å². The quantitative estimate of drug-likeness (QED) is 0.629. The summed E-state index contributed by atoms with van der Waals surface area (Å²) in [6, 6.07) is 11.5. The smallest absolute Gasteiger partial charge is 0.327 e. The Labute approximate surface area is 113 Å². The SMILES string of the molecule is O=[N+]([O-])c1c(F)ccc(OCc2ccccc2)c1Cl. The van der Waals surface area contributed by atoms with Crippen molar-refractivity contribution in [3.8, 4) is 5.75 Å². The van der Waals surface area contributed by atoms with E-state index in [1.54, 1.807) is 0 Å². The number of benzene rings is 2. The molecule has 0 aliphatic heterocycles. The summed E-state index contributed by atoms with van der Waals surface area (Å²) in [6.07, 6.45) is 0. The molecule has 2 rings (SSSR count). The molecule has 19 heavy (non-hydrogen) atoms. The van der Waals surface area contributed by atoms with Crippen molar-refractivity contribution in [3.63, 3.8) is 0 Å². The summed E-state index contributed by atoms with van der Waals surface area (Å²) < 4.78 is 18.6. The molecule has 0 spiro atoms. The van der Waals surface area contributed by atoms with Gasteiger partial charge >= 0.3 is 5.69 Å². The van der Waals surface area contributed by atoms with Crippen LogP contribution in [0.4, 0.5) is 10.1 Å². The Kier molecular flexibility index (Phi) is 3.97. The summed E-state index contributed by atoms with van der Waals surface area (Å²) in [7, 11) is 0. The van der Waals surface area contributed by atoms with Crippen LogP contribution in [0.3, 0.4) is 0 Å². The number of hydrogen-bond donors (Lipinski definition) is 0. The van der Waals surface area contributed by atoms with E-state index in [4.69, 9.17) is 16.3 Å². The second-order valence-corrected chi connectivity index (χ2v) is 4.12. The molecule has 0 aliphatic carbocycles. The lowest BCUT2D eigenvalue weighted by molar-refractivity contribution is -0.387. The Bertz CT molecular complexity index is 604. The summed E-state index contributed by atoms with van der Waals surface area (Å²) in [6.45, 7) is 0.198. The number of nitrogens with zero attached hydrogens (tertiary/aromatic N) is 1. The Morgan fingerprint density at radius 2 is 1.89 bits per heavy atom. The van der Waals surface area contributed by atoms with Gasteiger partial charge in [-0.05, 0) is 17.7 Å². The first-order chi connectivity index (χ1) is 9.09. The maximum absolute atomic E-state index is 13.3. The van der Waals surface area contributed by atoms with Crippen LogP contribution < -0.4 is 4.74 Å². The van der Waals surface area contributed by atoms with Crippen molar-refractivity contribution in [2.75, 3.05) is 0 Å². The number of nitro benzene ring substituents is 1. The highest BCUT2D eigenvalue weighted by atomic mass is 35.5. The van der Waals surface area contributed by atoms with Gasteiger partial charge in [0.25, 0.3) is 0 Å². The summed E-state index contributed by atoms with van der Waals surface area (Å²) >= 11 is 5.77. The van der Waals surface area contributed by atoms with Gasteiger partial charge in [0.2, 0.25) is 5.82 Å². The van der Waals surface area contributed by atoms with Crippen LogP contribution in [0.1, 0.15) is 5.56 Å². The Morgan fingerprint density at radius 1 is 1.21 bits per heavy atom. The van der Waals surface area contributed by atoms with E-state index in [0.717, 1.165) is 11.6 Å². The predicted molar refractivity (Wildman–Crippen MR) is 68.8 cm³/mol. The largest absolute Gasteiger partial charge is 0.487 e. The van der Waals surface area contributed by atoms with Crippen LogP contribution in [0.2, 0.25) is 5.02 Å². The van der Waals surface area contributed by atoms with Crippen LogP contribution in [0.5, 0.6) is 5.75 Å². The molecule has 0 unspecified atom stereocenters. The van der Waals surface area contributed by atoms with Crippen molar-refractivity contribution in [2.24, 2.45) is 0 Å². The first-order valence-electron chi connectivity index (χ1n) is 5.38. The summed E-state index contributed by atoms with van der Waals surface area (Å²) in [4.78, 5) is 9.83. The van der Waals surface area contributed by atoms with Crippen molar-refractivity contribution in [2.45, 2.75) is 6.61 Å². The molecule has 2 aromatic rings. The van der Waals surface area contributed by atoms with Crippen molar-refractivity contribution in [1.29, 1.82) is 0 Å². The Hall–Kier alpha value is -2.14. The highest BCUT2D eigenvalue weighted by Crippen LogP contribution is 2.36. The third-order valence-electron chi connectivity index (χ3n) is 2.45. The molecular weight excluding hydrogens is 273 g/mol. The van der Waals surface area contributed by atoms with Crippen LogP contribution in [0.25, 0.3) is 0 Å². The summed E-state index contributed by atoms with van der Waals surface area (Å²) in [5, 5.41) is 10.4. The summed E-state index contributed by atoms with van der Waals surface area (Å²) in [5.41, 5.74) is 0.109. The second kappa shape index (κ2) is 5.67. The topological polar surface area (TPSA) is 52.4 Å². The van der Waals surface area contributed by atoms with Crippen molar-refractivity contribution >= 4 is 17.3 Å². The van der Waals surface area contributed by atoms with Gasteiger partial charge in [0, 0.05) is 0 Å². The van der Waals surface area contributed by atoms with Gasteiger partial charge in [0.1, 0.15) is 12.4 Å². The fourth-order valence-electron chi connectivity index (χ4n) is 1.54. The molecule has 0 radical (unpaired) electrons. The van der Waals surface area contributed by atoms with Gasteiger partial charge in [-0.15, -0.1) is 0 Å². The molecule has 0 saturated carbocycles. The van der Waals surface area contributed by atoms with E-state index in [-0.39, 0.29) is 17.4 Å². The lowest BCUT2D eigenvalue weighted by Crippen LogP contribution is -1.99. The molecule has 0 aliphatic rings. The van der Waals surface area contributed by atoms with E-state index in [0.29, 0.717) is 0 Å². The molecule has 0 N–H and O–H groups in total. The molecule has 2 aromatic carbocycles. The fraction of sp³-hybridized carbons (Fsp3) is 0.0769. The highest BCUT2D eigenvalue weighted by molar-refractivity contribution is 6.34. The molecule has 0 fully saturated rings. The minimum absolute atomic E-state index is 0.0821. The van der Waals surface area contributed by atoms with Crippen molar-refractivity contribution in [1.82, 2.24) is 0 Å². The first-order valence-corrected chi connectivity index (χ1v) is 5.76. The zero-order valence-electron chi connectivity index (χ0n) is 9.68. The molecule has 0 aromatic heterocycles. The van der Waals surface area contributed by atoms with E-state index in [9.17, 15) is 14.5 Å². The zero-order chi connectivity index (χ0) is 13.8. The number of hydrogen-bond acceptors (Lipinski definition) is 3.